The molecular formula is C46H90O4. The molecule has 0 rings (SSSR count). The van der Waals surface area contributed by atoms with E-state index in [1.165, 1.54) is 205 Å². The molecule has 0 aromatic heterocycles. The lowest BCUT2D eigenvalue weighted by Gasteiger charge is -2.18. The summed E-state index contributed by atoms with van der Waals surface area (Å²) in [6.07, 6.45) is 44.1. The topological polar surface area (TPSA) is 52.6 Å². The van der Waals surface area contributed by atoms with E-state index in [9.17, 15) is 9.59 Å². The number of esters is 2. The van der Waals surface area contributed by atoms with E-state index in [-0.39, 0.29) is 11.9 Å². The molecule has 0 aromatic carbocycles. The predicted molar refractivity (Wildman–Crippen MR) is 218 cm³/mol. The number of hydrogen-bond acceptors (Lipinski definition) is 4. The standard InChI is InChI=1S/C46H90O4/c1-5-9-13-17-21-23-27-31-37-43(35-29-25-19-15-11-7-3)41-49-45(47)39-33-34-40-46(48)50-42-44(36-30-26-20-16-12-8-4)38-32-28-24-22-18-14-10-6-2/h43-44H,5-42H2,1-4H3/t43-,44-/m0/s1. The third-order valence-corrected chi connectivity index (χ3v) is 10.8. The van der Waals surface area contributed by atoms with Crippen LogP contribution < -0.4 is 0 Å². The zero-order valence-corrected chi connectivity index (χ0v) is 34.7. The minimum atomic E-state index is -0.0911. The molecule has 0 bridgehead atoms. The molecule has 0 radical (unpaired) electrons. The maximum Gasteiger partial charge on any atom is 0.305 e. The minimum Gasteiger partial charge on any atom is -0.465 e. The molecule has 0 amide bonds. The molecule has 0 unspecified atom stereocenters. The first kappa shape index (κ1) is 48.9. The average molecular weight is 707 g/mol. The smallest absolute Gasteiger partial charge is 0.305 e. The zero-order valence-electron chi connectivity index (χ0n) is 34.7. The van der Waals surface area contributed by atoms with Gasteiger partial charge in [-0.1, -0.05) is 207 Å². The summed E-state index contributed by atoms with van der Waals surface area (Å²) in [6.45, 7) is 10.2. The van der Waals surface area contributed by atoms with Gasteiger partial charge < -0.3 is 9.47 Å². The van der Waals surface area contributed by atoms with Crippen molar-refractivity contribution >= 4 is 11.9 Å². The van der Waals surface area contributed by atoms with Crippen molar-refractivity contribution in [1.82, 2.24) is 0 Å². The lowest BCUT2D eigenvalue weighted by atomic mass is 9.94. The Kier molecular flexibility index (Phi) is 39.8. The van der Waals surface area contributed by atoms with E-state index in [0.717, 1.165) is 0 Å². The van der Waals surface area contributed by atoms with Crippen molar-refractivity contribution in [3.8, 4) is 0 Å². The molecule has 4 heteroatoms. The van der Waals surface area contributed by atoms with Gasteiger partial charge in [0.25, 0.3) is 0 Å². The van der Waals surface area contributed by atoms with Crippen LogP contribution in [0.1, 0.15) is 259 Å². The van der Waals surface area contributed by atoms with Gasteiger partial charge in [0, 0.05) is 12.8 Å². The number of carbonyl (C=O) groups excluding carboxylic acids is 2. The van der Waals surface area contributed by atoms with Crippen LogP contribution in [0, 0.1) is 11.8 Å². The largest absolute Gasteiger partial charge is 0.465 e. The molecule has 0 saturated heterocycles. The van der Waals surface area contributed by atoms with Crippen LogP contribution >= 0.6 is 0 Å². The van der Waals surface area contributed by atoms with Crippen LogP contribution in [0.4, 0.5) is 0 Å². The molecule has 0 saturated carbocycles. The van der Waals surface area contributed by atoms with Crippen LogP contribution in [0.2, 0.25) is 0 Å². The van der Waals surface area contributed by atoms with Crippen molar-refractivity contribution in [3.63, 3.8) is 0 Å². The molecular weight excluding hydrogens is 617 g/mol. The Balaban J connectivity index is 4.37. The molecule has 0 aliphatic rings. The molecule has 0 aromatic rings. The van der Waals surface area contributed by atoms with Gasteiger partial charge in [-0.25, -0.2) is 0 Å². The quantitative estimate of drug-likeness (QED) is 0.0469. The third-order valence-electron chi connectivity index (χ3n) is 10.8. The van der Waals surface area contributed by atoms with E-state index >= 15 is 0 Å². The first-order valence-electron chi connectivity index (χ1n) is 22.9. The zero-order chi connectivity index (χ0) is 36.6. The van der Waals surface area contributed by atoms with E-state index in [2.05, 4.69) is 27.7 Å². The second-order valence-corrected chi connectivity index (χ2v) is 15.9. The number of rotatable bonds is 41. The highest BCUT2D eigenvalue weighted by atomic mass is 16.5. The molecule has 0 aliphatic carbocycles. The predicted octanol–water partition coefficient (Wildman–Crippen LogP) is 15.4. The van der Waals surface area contributed by atoms with Gasteiger partial charge in [0.05, 0.1) is 13.2 Å². The van der Waals surface area contributed by atoms with Crippen LogP contribution in [-0.2, 0) is 19.1 Å². The van der Waals surface area contributed by atoms with Gasteiger partial charge in [-0.3, -0.25) is 9.59 Å². The van der Waals surface area contributed by atoms with E-state index in [1.807, 2.05) is 0 Å². The minimum absolute atomic E-state index is 0.0911. The van der Waals surface area contributed by atoms with Crippen LogP contribution in [0.25, 0.3) is 0 Å². The molecule has 0 N–H and O–H groups in total. The van der Waals surface area contributed by atoms with Crippen LogP contribution in [-0.4, -0.2) is 25.2 Å². The lowest BCUT2D eigenvalue weighted by Crippen LogP contribution is -2.15. The molecule has 50 heavy (non-hydrogen) atoms. The summed E-state index contributed by atoms with van der Waals surface area (Å²) in [5.41, 5.74) is 0. The Morgan fingerprint density at radius 1 is 0.320 bits per heavy atom. The fourth-order valence-corrected chi connectivity index (χ4v) is 7.29. The Morgan fingerprint density at radius 2 is 0.540 bits per heavy atom. The maximum absolute atomic E-state index is 12.6. The Morgan fingerprint density at radius 3 is 0.780 bits per heavy atom. The second kappa shape index (κ2) is 40.7. The second-order valence-electron chi connectivity index (χ2n) is 15.9. The molecule has 0 heterocycles. The first-order valence-corrected chi connectivity index (χ1v) is 22.9. The van der Waals surface area contributed by atoms with Gasteiger partial charge in [0.1, 0.15) is 0 Å². The Labute approximate surface area is 314 Å². The van der Waals surface area contributed by atoms with Gasteiger partial charge in [-0.05, 0) is 50.4 Å². The summed E-state index contributed by atoms with van der Waals surface area (Å²) in [4.78, 5) is 25.2. The average Bonchev–Trinajstić information content (AvgIpc) is 3.12. The number of ether oxygens (including phenoxy) is 2. The Hall–Kier alpha value is -1.06. The lowest BCUT2D eigenvalue weighted by molar-refractivity contribution is -0.147. The maximum atomic E-state index is 12.6. The fourth-order valence-electron chi connectivity index (χ4n) is 7.29. The van der Waals surface area contributed by atoms with Crippen molar-refractivity contribution < 1.29 is 19.1 Å². The van der Waals surface area contributed by atoms with Crippen molar-refractivity contribution in [2.24, 2.45) is 11.8 Å². The van der Waals surface area contributed by atoms with Crippen molar-refractivity contribution in [1.29, 1.82) is 0 Å². The highest BCUT2D eigenvalue weighted by Crippen LogP contribution is 2.22. The van der Waals surface area contributed by atoms with Gasteiger partial charge >= 0.3 is 11.9 Å². The van der Waals surface area contributed by atoms with Gasteiger partial charge in [-0.15, -0.1) is 0 Å². The van der Waals surface area contributed by atoms with E-state index in [0.29, 0.717) is 50.7 Å². The number of unbranched alkanes of at least 4 members (excludes halogenated alkanes) is 25. The molecule has 0 aliphatic heterocycles. The van der Waals surface area contributed by atoms with Gasteiger partial charge in [0.15, 0.2) is 0 Å². The molecule has 2 atom stereocenters. The number of hydrogen-bond donors (Lipinski definition) is 0. The van der Waals surface area contributed by atoms with Crippen LogP contribution in [0.15, 0.2) is 0 Å². The summed E-state index contributed by atoms with van der Waals surface area (Å²) in [5, 5.41) is 0. The summed E-state index contributed by atoms with van der Waals surface area (Å²) >= 11 is 0. The molecule has 0 spiro atoms. The van der Waals surface area contributed by atoms with Gasteiger partial charge in [0.2, 0.25) is 0 Å². The van der Waals surface area contributed by atoms with Crippen molar-refractivity contribution in [2.75, 3.05) is 13.2 Å². The summed E-state index contributed by atoms with van der Waals surface area (Å²) in [6, 6.07) is 0. The summed E-state index contributed by atoms with van der Waals surface area (Å²) in [7, 11) is 0. The third kappa shape index (κ3) is 36.7. The van der Waals surface area contributed by atoms with E-state index < -0.39 is 0 Å². The molecule has 298 valence electrons. The highest BCUT2D eigenvalue weighted by molar-refractivity contribution is 5.70. The van der Waals surface area contributed by atoms with E-state index in [1.54, 1.807) is 0 Å². The van der Waals surface area contributed by atoms with Crippen LogP contribution in [0.5, 0.6) is 0 Å². The summed E-state index contributed by atoms with van der Waals surface area (Å²) in [5.74, 6) is 0.809. The van der Waals surface area contributed by atoms with Crippen molar-refractivity contribution in [2.45, 2.75) is 259 Å². The Bertz CT molecular complexity index is 634. The normalized spacial score (nSPS) is 12.6. The van der Waals surface area contributed by atoms with Crippen molar-refractivity contribution in [3.05, 3.63) is 0 Å². The van der Waals surface area contributed by atoms with E-state index in [4.69, 9.17) is 9.47 Å². The molecule has 0 fully saturated rings. The summed E-state index contributed by atoms with van der Waals surface area (Å²) < 4.78 is 11.6. The monoisotopic (exact) mass is 707 g/mol. The van der Waals surface area contributed by atoms with Gasteiger partial charge in [-0.2, -0.15) is 0 Å². The SMILES string of the molecule is CCCCCCCCCC[C@H](CCCCCCCC)COC(=O)CCCCC(=O)OC[C@@H](CCCCCCCC)CCCCCCCCCC. The fraction of sp³-hybridized carbons (Fsp3) is 0.957. The number of carbonyl (C=O) groups is 2. The highest BCUT2D eigenvalue weighted by Gasteiger charge is 2.15. The van der Waals surface area contributed by atoms with Crippen LogP contribution in [0.3, 0.4) is 0 Å². The molecule has 4 nitrogen and oxygen atoms in total. The first-order chi connectivity index (χ1) is 24.6.